The van der Waals surface area contributed by atoms with Crippen LogP contribution in [0.2, 0.25) is 5.15 Å². The molecule has 10 heteroatoms. The third kappa shape index (κ3) is 5.69. The smallest absolute Gasteiger partial charge is 0.272 e. The first-order chi connectivity index (χ1) is 16.7. The molecule has 0 fully saturated rings. The maximum absolute atomic E-state index is 13.5. The zero-order valence-corrected chi connectivity index (χ0v) is 21.6. The Kier molecular flexibility index (Phi) is 7.49. The first kappa shape index (κ1) is 25.2. The van der Waals surface area contributed by atoms with Crippen molar-refractivity contribution in [2.75, 3.05) is 12.4 Å². The molecule has 1 aliphatic heterocycles. The van der Waals surface area contributed by atoms with E-state index in [1.165, 1.54) is 11.8 Å². The Morgan fingerprint density at radius 2 is 2.11 bits per heavy atom. The van der Waals surface area contributed by atoms with Crippen molar-refractivity contribution in [1.29, 1.82) is 4.78 Å². The van der Waals surface area contributed by atoms with E-state index in [1.807, 2.05) is 12.1 Å². The molecule has 1 aromatic carbocycles. The van der Waals surface area contributed by atoms with Gasteiger partial charge in [-0.2, -0.15) is 0 Å². The lowest BCUT2D eigenvalue weighted by Gasteiger charge is -2.24. The minimum absolute atomic E-state index is 0.106. The predicted molar refractivity (Wildman–Crippen MR) is 137 cm³/mol. The average Bonchev–Trinajstić information content (AvgIpc) is 3.11. The Labute approximate surface area is 211 Å². The largest absolute Gasteiger partial charge is 0.497 e. The van der Waals surface area contributed by atoms with Gasteiger partial charge in [-0.3, -0.25) is 4.79 Å². The molecule has 0 saturated heterocycles. The van der Waals surface area contributed by atoms with Gasteiger partial charge < -0.3 is 14.6 Å². The highest BCUT2D eigenvalue weighted by atomic mass is 35.5. The van der Waals surface area contributed by atoms with Gasteiger partial charge in [0.25, 0.3) is 5.91 Å². The molecule has 0 bridgehead atoms. The second-order valence-electron chi connectivity index (χ2n) is 8.94. The van der Waals surface area contributed by atoms with Crippen molar-refractivity contribution < 1.29 is 13.7 Å². The van der Waals surface area contributed by atoms with Gasteiger partial charge >= 0.3 is 0 Å². The number of benzene rings is 1. The lowest BCUT2D eigenvalue weighted by molar-refractivity contribution is 0.101. The molecular weight excluding hydrogens is 486 g/mol. The van der Waals surface area contributed by atoms with Gasteiger partial charge in [0, 0.05) is 36.7 Å². The van der Waals surface area contributed by atoms with E-state index in [1.54, 1.807) is 37.1 Å². The molecule has 3 atom stereocenters. The number of fused-ring (bicyclic) bond motifs is 1. The monoisotopic (exact) mass is 515 g/mol. The van der Waals surface area contributed by atoms with E-state index >= 15 is 0 Å². The van der Waals surface area contributed by atoms with Gasteiger partial charge in [-0.15, -0.1) is 0 Å². The van der Waals surface area contributed by atoms with Crippen molar-refractivity contribution in [2.45, 2.75) is 43.5 Å². The molecule has 1 amide bonds. The quantitative estimate of drug-likeness (QED) is 0.391. The topological polar surface area (TPSA) is 109 Å². The van der Waals surface area contributed by atoms with Gasteiger partial charge in [-0.05, 0) is 61.4 Å². The first-order valence-corrected chi connectivity index (χ1v) is 13.4. The van der Waals surface area contributed by atoms with E-state index in [2.05, 4.69) is 34.1 Å². The summed E-state index contributed by atoms with van der Waals surface area (Å²) in [6.07, 6.45) is 6.14. The summed E-state index contributed by atoms with van der Waals surface area (Å²) < 4.78 is 32.1. The van der Waals surface area contributed by atoms with Crippen molar-refractivity contribution in [1.82, 2.24) is 14.3 Å². The highest BCUT2D eigenvalue weighted by molar-refractivity contribution is 7.90. The number of hydrogen-bond donors (Lipinski definition) is 3. The van der Waals surface area contributed by atoms with Crippen LogP contribution in [0, 0.1) is 10.7 Å². The van der Waals surface area contributed by atoms with E-state index < -0.39 is 9.92 Å². The van der Waals surface area contributed by atoms with Gasteiger partial charge in [-0.1, -0.05) is 30.7 Å². The number of aryl methyl sites for hydroxylation is 2. The Bertz CT molecular complexity index is 1320. The molecule has 0 radical (unpaired) electrons. The Morgan fingerprint density at radius 1 is 1.37 bits per heavy atom. The molecule has 0 aliphatic carbocycles. The Balaban J connectivity index is 1.50. The molecular formula is C25H30ClN5O3S. The molecule has 0 spiro atoms. The van der Waals surface area contributed by atoms with E-state index in [0.29, 0.717) is 34.7 Å². The summed E-state index contributed by atoms with van der Waals surface area (Å²) in [6.45, 7) is 2.12. The minimum Gasteiger partial charge on any atom is -0.497 e. The molecule has 35 heavy (non-hydrogen) atoms. The predicted octanol–water partition coefficient (Wildman–Crippen LogP) is 4.83. The summed E-state index contributed by atoms with van der Waals surface area (Å²) in [4.78, 5) is 17.5. The standard InChI is InChI=1S/C25H30ClN5O3S/c1-16(4-5-17-6-8-19(34-3)9-7-17)21-11-10-20-22(35(27,33)30-21)15-31(2)24(20)25(32)29-18-12-13-28-23(26)14-18/h6-9,12-16,21H,4-5,10-11H2,1-3H3,(H2,27,30,33)(H,28,29,32)/t16-,21?,35?/m0/s1. The number of halogens is 1. The highest BCUT2D eigenvalue weighted by Crippen LogP contribution is 2.31. The Hall–Kier alpha value is -2.88. The lowest BCUT2D eigenvalue weighted by atomic mass is 9.91. The lowest BCUT2D eigenvalue weighted by Crippen LogP contribution is -2.37. The van der Waals surface area contributed by atoms with Crippen LogP contribution in [-0.2, 0) is 29.8 Å². The summed E-state index contributed by atoms with van der Waals surface area (Å²) in [5.41, 5.74) is 2.79. The van der Waals surface area contributed by atoms with Gasteiger partial charge in [0.1, 0.15) is 26.5 Å². The summed E-state index contributed by atoms with van der Waals surface area (Å²) >= 11 is 5.94. The number of nitrogens with one attached hydrogen (secondary N) is 3. The van der Waals surface area contributed by atoms with Gasteiger partial charge in [0.15, 0.2) is 0 Å². The van der Waals surface area contributed by atoms with Crippen LogP contribution in [-0.4, -0.2) is 32.8 Å². The van der Waals surface area contributed by atoms with Crippen molar-refractivity contribution in [2.24, 2.45) is 13.0 Å². The summed E-state index contributed by atoms with van der Waals surface area (Å²) in [7, 11) is 0.0996. The molecule has 3 aromatic rings. The van der Waals surface area contributed by atoms with Crippen molar-refractivity contribution in [3.8, 4) is 5.75 Å². The van der Waals surface area contributed by atoms with E-state index in [9.17, 15) is 9.00 Å². The number of carbonyl (C=O) groups is 1. The van der Waals surface area contributed by atoms with Crippen LogP contribution in [0.15, 0.2) is 53.7 Å². The maximum atomic E-state index is 13.5. The second-order valence-corrected chi connectivity index (χ2v) is 11.1. The van der Waals surface area contributed by atoms with Crippen molar-refractivity contribution in [3.63, 3.8) is 0 Å². The van der Waals surface area contributed by atoms with Gasteiger partial charge in [-0.25, -0.2) is 18.7 Å². The molecule has 0 saturated carbocycles. The first-order valence-electron chi connectivity index (χ1n) is 11.5. The number of anilines is 1. The molecule has 3 heterocycles. The van der Waals surface area contributed by atoms with Crippen LogP contribution in [0.4, 0.5) is 5.69 Å². The number of hydrogen-bond acceptors (Lipinski definition) is 5. The minimum atomic E-state index is -3.28. The van der Waals surface area contributed by atoms with Crippen LogP contribution in [0.5, 0.6) is 5.75 Å². The summed E-state index contributed by atoms with van der Waals surface area (Å²) in [5, 5.41) is 3.11. The number of ether oxygens (including phenoxy) is 1. The Morgan fingerprint density at radius 3 is 2.80 bits per heavy atom. The van der Waals surface area contributed by atoms with Crippen molar-refractivity contribution in [3.05, 3.63) is 70.8 Å². The van der Waals surface area contributed by atoms with Gasteiger partial charge in [0.2, 0.25) is 0 Å². The molecule has 1 aliphatic rings. The molecule has 3 N–H and O–H groups in total. The summed E-state index contributed by atoms with van der Waals surface area (Å²) in [5.74, 6) is 0.681. The number of nitrogens with zero attached hydrogens (tertiary/aromatic N) is 2. The van der Waals surface area contributed by atoms with Crippen LogP contribution < -0.4 is 14.8 Å². The summed E-state index contributed by atoms with van der Waals surface area (Å²) in [6, 6.07) is 11.1. The highest BCUT2D eigenvalue weighted by Gasteiger charge is 2.32. The fourth-order valence-electron chi connectivity index (χ4n) is 4.53. The van der Waals surface area contributed by atoms with E-state index in [0.717, 1.165) is 18.6 Å². The molecule has 2 unspecified atom stereocenters. The van der Waals surface area contributed by atoms with Crippen LogP contribution in [0.1, 0.15) is 41.4 Å². The van der Waals surface area contributed by atoms with Crippen LogP contribution in [0.25, 0.3) is 0 Å². The average molecular weight is 516 g/mol. The number of pyridine rings is 1. The zero-order valence-electron chi connectivity index (χ0n) is 20.0. The molecule has 2 aromatic heterocycles. The number of rotatable bonds is 7. The number of amides is 1. The SMILES string of the molecule is COc1ccc(CC[C@H](C)C2CCc3c(cn(C)c3C(=O)Nc3ccnc(Cl)c3)S(=N)(=O)N2)cc1. The second kappa shape index (κ2) is 10.4. The maximum Gasteiger partial charge on any atom is 0.272 e. The number of aromatic nitrogens is 2. The van der Waals surface area contributed by atoms with Crippen LogP contribution in [0.3, 0.4) is 0 Å². The number of carbonyl (C=O) groups excluding carboxylic acids is 1. The van der Waals surface area contributed by atoms with Gasteiger partial charge in [0.05, 0.1) is 12.0 Å². The normalized spacial score (nSPS) is 20.5. The number of methoxy groups -OCH3 is 1. The fraction of sp³-hybridized carbons (Fsp3) is 0.360. The molecule has 186 valence electrons. The van der Waals surface area contributed by atoms with E-state index in [-0.39, 0.29) is 23.0 Å². The van der Waals surface area contributed by atoms with Crippen molar-refractivity contribution >= 4 is 33.1 Å². The fourth-order valence-corrected chi connectivity index (χ4v) is 6.46. The zero-order chi connectivity index (χ0) is 25.2. The molecule has 4 rings (SSSR count). The third-order valence-corrected chi connectivity index (χ3v) is 8.33. The van der Waals surface area contributed by atoms with Crippen LogP contribution >= 0.6 is 11.6 Å². The van der Waals surface area contributed by atoms with E-state index in [4.69, 9.17) is 21.1 Å². The third-order valence-electron chi connectivity index (χ3n) is 6.51. The molecule has 8 nitrogen and oxygen atoms in total.